The van der Waals surface area contributed by atoms with E-state index in [0.29, 0.717) is 6.04 Å². The second-order valence-corrected chi connectivity index (χ2v) is 5.03. The van der Waals surface area contributed by atoms with E-state index in [4.69, 9.17) is 0 Å². The van der Waals surface area contributed by atoms with Gasteiger partial charge < -0.3 is 9.88 Å². The normalized spacial score (nSPS) is 12.7. The summed E-state index contributed by atoms with van der Waals surface area (Å²) in [6.45, 7) is 6.23. The summed E-state index contributed by atoms with van der Waals surface area (Å²) in [4.78, 5) is 11.8. The molecule has 1 atom stereocenters. The first-order valence-corrected chi connectivity index (χ1v) is 7.04. The van der Waals surface area contributed by atoms with Crippen LogP contribution in [0.5, 0.6) is 0 Å². The van der Waals surface area contributed by atoms with E-state index in [1.165, 1.54) is 12.8 Å². The lowest BCUT2D eigenvalue weighted by Crippen LogP contribution is -2.29. The van der Waals surface area contributed by atoms with Crippen LogP contribution in [0.15, 0.2) is 41.3 Å². The first-order chi connectivity index (χ1) is 9.22. The van der Waals surface area contributed by atoms with Gasteiger partial charge in [0.05, 0.1) is 5.52 Å². The summed E-state index contributed by atoms with van der Waals surface area (Å²) >= 11 is 0. The number of nitrogens with one attached hydrogen (secondary N) is 1. The van der Waals surface area contributed by atoms with Crippen LogP contribution in [-0.4, -0.2) is 17.2 Å². The Morgan fingerprint density at radius 1 is 1.26 bits per heavy atom. The quantitative estimate of drug-likeness (QED) is 0.864. The zero-order valence-electron chi connectivity index (χ0n) is 11.7. The maximum atomic E-state index is 11.8. The highest BCUT2D eigenvalue weighted by molar-refractivity contribution is 5.78. The highest BCUT2D eigenvalue weighted by Gasteiger charge is 2.02. The van der Waals surface area contributed by atoms with Crippen LogP contribution >= 0.6 is 0 Å². The van der Waals surface area contributed by atoms with Crippen LogP contribution in [-0.2, 0) is 6.54 Å². The van der Waals surface area contributed by atoms with E-state index < -0.39 is 0 Å². The Morgan fingerprint density at radius 2 is 2.05 bits per heavy atom. The minimum absolute atomic E-state index is 0.0964. The largest absolute Gasteiger partial charge is 0.346 e. The van der Waals surface area contributed by atoms with E-state index in [9.17, 15) is 4.79 Å². The van der Waals surface area contributed by atoms with Gasteiger partial charge in [0.25, 0.3) is 0 Å². The van der Waals surface area contributed by atoms with Gasteiger partial charge in [0.1, 0.15) is 0 Å². The molecular weight excluding hydrogens is 236 g/mol. The molecule has 3 nitrogen and oxygen atoms in total. The number of para-hydroxylation sites is 1. The molecule has 0 spiro atoms. The van der Waals surface area contributed by atoms with E-state index in [-0.39, 0.29) is 5.43 Å². The van der Waals surface area contributed by atoms with Crippen molar-refractivity contribution in [2.24, 2.45) is 0 Å². The number of rotatable bonds is 6. The van der Waals surface area contributed by atoms with Crippen molar-refractivity contribution < 1.29 is 0 Å². The zero-order chi connectivity index (χ0) is 13.7. The van der Waals surface area contributed by atoms with Crippen LogP contribution < -0.4 is 10.7 Å². The van der Waals surface area contributed by atoms with Gasteiger partial charge >= 0.3 is 0 Å². The van der Waals surface area contributed by atoms with Crippen LogP contribution in [0.25, 0.3) is 10.9 Å². The van der Waals surface area contributed by atoms with Crippen LogP contribution in [0, 0.1) is 0 Å². The lowest BCUT2D eigenvalue weighted by atomic mass is 10.2. The van der Waals surface area contributed by atoms with Crippen molar-refractivity contribution in [2.45, 2.75) is 39.3 Å². The van der Waals surface area contributed by atoms with Gasteiger partial charge in [0, 0.05) is 36.8 Å². The van der Waals surface area contributed by atoms with Crippen LogP contribution in [0.1, 0.15) is 26.7 Å². The Labute approximate surface area is 114 Å². The van der Waals surface area contributed by atoms with Crippen molar-refractivity contribution in [1.29, 1.82) is 0 Å². The second-order valence-electron chi connectivity index (χ2n) is 5.03. The van der Waals surface area contributed by atoms with Gasteiger partial charge in [-0.1, -0.05) is 25.5 Å². The molecule has 102 valence electrons. The lowest BCUT2D eigenvalue weighted by Gasteiger charge is -2.15. The van der Waals surface area contributed by atoms with Crippen LogP contribution in [0.2, 0.25) is 0 Å². The highest BCUT2D eigenvalue weighted by Crippen LogP contribution is 2.08. The maximum Gasteiger partial charge on any atom is 0.189 e. The molecule has 0 saturated carbocycles. The van der Waals surface area contributed by atoms with E-state index in [1.54, 1.807) is 6.07 Å². The van der Waals surface area contributed by atoms with Gasteiger partial charge in [-0.05, 0) is 25.5 Å². The van der Waals surface area contributed by atoms with E-state index in [2.05, 4.69) is 23.7 Å². The Hall–Kier alpha value is -1.61. The molecule has 0 fully saturated rings. The van der Waals surface area contributed by atoms with Crippen molar-refractivity contribution in [3.05, 3.63) is 46.8 Å². The van der Waals surface area contributed by atoms with Crippen molar-refractivity contribution in [3.8, 4) is 0 Å². The third kappa shape index (κ3) is 3.44. The summed E-state index contributed by atoms with van der Waals surface area (Å²) in [5.74, 6) is 0. The fraction of sp³-hybridized carbons (Fsp3) is 0.438. The smallest absolute Gasteiger partial charge is 0.189 e. The van der Waals surface area contributed by atoms with Gasteiger partial charge in [0.2, 0.25) is 0 Å². The van der Waals surface area contributed by atoms with Crippen LogP contribution in [0.3, 0.4) is 0 Å². The summed E-state index contributed by atoms with van der Waals surface area (Å²) in [6.07, 6.45) is 4.29. The molecule has 1 aromatic heterocycles. The van der Waals surface area contributed by atoms with Crippen molar-refractivity contribution in [3.63, 3.8) is 0 Å². The van der Waals surface area contributed by atoms with E-state index in [1.807, 2.05) is 30.5 Å². The molecule has 3 heteroatoms. The Balaban J connectivity index is 2.09. The highest BCUT2D eigenvalue weighted by atomic mass is 16.1. The van der Waals surface area contributed by atoms with E-state index >= 15 is 0 Å². The SMILES string of the molecule is CCCC(C)NCCn1ccc(=O)c2ccccc21. The molecule has 2 rings (SSSR count). The third-order valence-electron chi connectivity index (χ3n) is 3.45. The summed E-state index contributed by atoms with van der Waals surface area (Å²) in [5.41, 5.74) is 1.11. The summed E-state index contributed by atoms with van der Waals surface area (Å²) in [7, 11) is 0. The Morgan fingerprint density at radius 3 is 2.84 bits per heavy atom. The molecule has 0 radical (unpaired) electrons. The number of hydrogen-bond donors (Lipinski definition) is 1. The van der Waals surface area contributed by atoms with Gasteiger partial charge in [-0.3, -0.25) is 4.79 Å². The number of hydrogen-bond acceptors (Lipinski definition) is 2. The molecule has 0 aliphatic carbocycles. The minimum atomic E-state index is 0.0964. The monoisotopic (exact) mass is 258 g/mol. The lowest BCUT2D eigenvalue weighted by molar-refractivity contribution is 0.489. The molecular formula is C16H22N2O. The average Bonchev–Trinajstić information content (AvgIpc) is 2.42. The van der Waals surface area contributed by atoms with Gasteiger partial charge in [-0.25, -0.2) is 0 Å². The predicted octanol–water partition coefficient (Wildman–Crippen LogP) is 2.78. The number of fused-ring (bicyclic) bond motifs is 1. The van der Waals surface area contributed by atoms with Gasteiger partial charge in [-0.15, -0.1) is 0 Å². The van der Waals surface area contributed by atoms with Gasteiger partial charge in [-0.2, -0.15) is 0 Å². The molecule has 0 saturated heterocycles. The zero-order valence-corrected chi connectivity index (χ0v) is 11.7. The predicted molar refractivity (Wildman–Crippen MR) is 80.6 cm³/mol. The number of benzene rings is 1. The molecule has 0 aliphatic heterocycles. The molecule has 19 heavy (non-hydrogen) atoms. The molecule has 1 N–H and O–H groups in total. The average molecular weight is 258 g/mol. The topological polar surface area (TPSA) is 34.0 Å². The van der Waals surface area contributed by atoms with Crippen LogP contribution in [0.4, 0.5) is 0 Å². The fourth-order valence-corrected chi connectivity index (χ4v) is 2.42. The van der Waals surface area contributed by atoms with Gasteiger partial charge in [0.15, 0.2) is 5.43 Å². The molecule has 0 amide bonds. The fourth-order valence-electron chi connectivity index (χ4n) is 2.42. The first kappa shape index (κ1) is 13.8. The van der Waals surface area contributed by atoms with E-state index in [0.717, 1.165) is 24.0 Å². The van der Waals surface area contributed by atoms with Crippen molar-refractivity contribution in [2.75, 3.05) is 6.54 Å². The van der Waals surface area contributed by atoms with Crippen molar-refractivity contribution in [1.82, 2.24) is 9.88 Å². The Kier molecular flexibility index (Phi) is 4.74. The molecule has 0 bridgehead atoms. The van der Waals surface area contributed by atoms with Crippen molar-refractivity contribution >= 4 is 10.9 Å². The first-order valence-electron chi connectivity index (χ1n) is 7.04. The number of aromatic nitrogens is 1. The summed E-state index contributed by atoms with van der Waals surface area (Å²) < 4.78 is 2.14. The summed E-state index contributed by atoms with van der Waals surface area (Å²) in [6, 6.07) is 9.99. The molecule has 1 heterocycles. The molecule has 1 aromatic carbocycles. The molecule has 2 aromatic rings. The summed E-state index contributed by atoms with van der Waals surface area (Å²) in [5, 5.41) is 4.31. The standard InChI is InChI=1S/C16H22N2O/c1-3-6-13(2)17-10-12-18-11-9-16(19)14-7-4-5-8-15(14)18/h4-5,7-9,11,13,17H,3,6,10,12H2,1-2H3. The number of pyridine rings is 1. The second kappa shape index (κ2) is 6.53. The minimum Gasteiger partial charge on any atom is -0.346 e. The maximum absolute atomic E-state index is 11.8. The number of nitrogens with zero attached hydrogens (tertiary/aromatic N) is 1. The molecule has 0 aliphatic rings. The third-order valence-corrected chi connectivity index (χ3v) is 3.45. The molecule has 1 unspecified atom stereocenters. The Bertz CT molecular complexity index is 589.